The van der Waals surface area contributed by atoms with Crippen molar-refractivity contribution in [3.05, 3.63) is 113 Å². The van der Waals surface area contributed by atoms with Crippen molar-refractivity contribution in [2.75, 3.05) is 31.7 Å². The van der Waals surface area contributed by atoms with E-state index >= 15 is 0 Å². The number of methoxy groups -OCH3 is 1. The van der Waals surface area contributed by atoms with Gasteiger partial charge in [0.2, 0.25) is 0 Å². The van der Waals surface area contributed by atoms with Crippen molar-refractivity contribution >= 4 is 39.0 Å². The zero-order chi connectivity index (χ0) is 29.8. The van der Waals surface area contributed by atoms with Crippen molar-refractivity contribution in [2.24, 2.45) is 5.92 Å². The van der Waals surface area contributed by atoms with Crippen LogP contribution < -0.4 is 9.64 Å². The van der Waals surface area contributed by atoms with Gasteiger partial charge < -0.3 is 14.4 Å². The third-order valence-electron chi connectivity index (χ3n) is 8.15. The highest BCUT2D eigenvalue weighted by Crippen LogP contribution is 2.35. The van der Waals surface area contributed by atoms with Crippen LogP contribution in [0, 0.1) is 12.8 Å². The van der Waals surface area contributed by atoms with Crippen LogP contribution in [-0.2, 0) is 11.2 Å². The van der Waals surface area contributed by atoms with Crippen LogP contribution >= 0.6 is 11.3 Å². The molecule has 0 amide bonds. The summed E-state index contributed by atoms with van der Waals surface area (Å²) in [6, 6.07) is 27.9. The number of carbonyl (C=O) groups is 2. The second-order valence-corrected chi connectivity index (χ2v) is 12.1. The molecule has 0 saturated carbocycles. The van der Waals surface area contributed by atoms with Crippen LogP contribution in [0.4, 0.5) is 5.82 Å². The van der Waals surface area contributed by atoms with Crippen LogP contribution in [-0.4, -0.2) is 43.5 Å². The first-order valence-electron chi connectivity index (χ1n) is 14.6. The minimum Gasteiger partial charge on any atom is -0.493 e. The number of benzene rings is 3. The number of ketones is 1. The number of carbonyl (C=O) groups excluding carboxylic acids is 2. The number of pyridine rings is 1. The van der Waals surface area contributed by atoms with E-state index in [-0.39, 0.29) is 11.8 Å². The molecule has 1 saturated heterocycles. The summed E-state index contributed by atoms with van der Waals surface area (Å²) in [7, 11) is 1.38. The maximum absolute atomic E-state index is 13.4. The monoisotopic (exact) mass is 590 g/mol. The Morgan fingerprint density at radius 1 is 0.930 bits per heavy atom. The number of aryl methyl sites for hydroxylation is 1. The minimum atomic E-state index is -0.366. The number of ether oxygens (including phenoxy) is 2. The number of hydrogen-bond acceptors (Lipinski definition) is 7. The normalized spacial score (nSPS) is 13.7. The van der Waals surface area contributed by atoms with E-state index in [1.807, 2.05) is 42.6 Å². The molecule has 7 heteroatoms. The zero-order valence-electron chi connectivity index (χ0n) is 24.4. The average molecular weight is 591 g/mol. The number of Topliss-reactive ketones (excluding diaryl/α,β-unsaturated/α-hetero) is 1. The summed E-state index contributed by atoms with van der Waals surface area (Å²) in [6.07, 6.45) is 4.17. The van der Waals surface area contributed by atoms with Gasteiger partial charge in [0.25, 0.3) is 0 Å². The Hall–Kier alpha value is -4.49. The molecular formula is C36H34N2O4S. The predicted molar refractivity (Wildman–Crippen MR) is 172 cm³/mol. The molecule has 0 bridgehead atoms. The lowest BCUT2D eigenvalue weighted by Gasteiger charge is -2.32. The van der Waals surface area contributed by atoms with Gasteiger partial charge in [-0.15, -0.1) is 11.3 Å². The molecule has 2 aromatic heterocycles. The molecule has 0 aliphatic carbocycles. The van der Waals surface area contributed by atoms with E-state index in [2.05, 4.69) is 42.2 Å². The number of aromatic nitrogens is 1. The van der Waals surface area contributed by atoms with Crippen LogP contribution in [0.3, 0.4) is 0 Å². The van der Waals surface area contributed by atoms with Crippen LogP contribution in [0.25, 0.3) is 21.2 Å². The first-order chi connectivity index (χ1) is 21.0. The fourth-order valence-electron chi connectivity index (χ4n) is 5.64. The van der Waals surface area contributed by atoms with Crippen LogP contribution in [0.2, 0.25) is 0 Å². The lowest BCUT2D eigenvalue weighted by Crippen LogP contribution is -2.36. The van der Waals surface area contributed by atoms with Gasteiger partial charge in [0, 0.05) is 30.4 Å². The average Bonchev–Trinajstić information content (AvgIpc) is 3.40. The standard InChI is InChI=1S/C36H34N2O4S/c1-24-31-21-28(27-7-4-3-5-8-27)12-13-33(31)43-35(24)32(39)19-26-11-14-34(37-22-26)38-17-15-25(16-18-38)23-42-30-10-6-9-29(20-30)36(40)41-2/h3-14,20-22,25H,15-19,23H2,1-2H3. The lowest BCUT2D eigenvalue weighted by molar-refractivity contribution is 0.0600. The number of piperidine rings is 1. The topological polar surface area (TPSA) is 68.7 Å². The summed E-state index contributed by atoms with van der Waals surface area (Å²) < 4.78 is 11.9. The molecule has 6 rings (SSSR count). The van der Waals surface area contributed by atoms with Gasteiger partial charge in [-0.05, 0) is 89.7 Å². The predicted octanol–water partition coefficient (Wildman–Crippen LogP) is 7.78. The number of esters is 1. The zero-order valence-corrected chi connectivity index (χ0v) is 25.2. The molecule has 0 spiro atoms. The summed E-state index contributed by atoms with van der Waals surface area (Å²) >= 11 is 1.58. The number of thiophene rings is 1. The molecule has 0 radical (unpaired) electrons. The molecule has 5 aromatic rings. The van der Waals surface area contributed by atoms with Crippen molar-refractivity contribution in [2.45, 2.75) is 26.2 Å². The molecule has 3 aromatic carbocycles. The molecule has 0 atom stereocenters. The van der Waals surface area contributed by atoms with Gasteiger partial charge in [-0.3, -0.25) is 4.79 Å². The Labute approximate surface area is 255 Å². The molecule has 43 heavy (non-hydrogen) atoms. The molecule has 0 N–H and O–H groups in total. The van der Waals surface area contributed by atoms with E-state index in [0.717, 1.165) is 63.4 Å². The van der Waals surface area contributed by atoms with E-state index in [1.165, 1.54) is 12.7 Å². The smallest absolute Gasteiger partial charge is 0.337 e. The van der Waals surface area contributed by atoms with Gasteiger partial charge in [0.1, 0.15) is 11.6 Å². The maximum atomic E-state index is 13.4. The summed E-state index contributed by atoms with van der Waals surface area (Å²) in [6.45, 7) is 4.45. The van der Waals surface area contributed by atoms with Gasteiger partial charge in [-0.25, -0.2) is 9.78 Å². The Morgan fingerprint density at radius 3 is 2.49 bits per heavy atom. The van der Waals surface area contributed by atoms with E-state index in [9.17, 15) is 9.59 Å². The van der Waals surface area contributed by atoms with Crippen LogP contribution in [0.15, 0.2) is 91.1 Å². The maximum Gasteiger partial charge on any atom is 0.337 e. The molecular weight excluding hydrogens is 556 g/mol. The van der Waals surface area contributed by atoms with E-state index in [1.54, 1.807) is 29.5 Å². The summed E-state index contributed by atoms with van der Waals surface area (Å²) in [5.41, 5.74) is 4.80. The largest absolute Gasteiger partial charge is 0.493 e. The second kappa shape index (κ2) is 12.8. The summed E-state index contributed by atoms with van der Waals surface area (Å²) in [5, 5.41) is 1.15. The Bertz CT molecular complexity index is 1740. The van der Waals surface area contributed by atoms with Crippen molar-refractivity contribution in [1.29, 1.82) is 0 Å². The summed E-state index contributed by atoms with van der Waals surface area (Å²) in [4.78, 5) is 33.0. The first kappa shape index (κ1) is 28.6. The first-order valence-corrected chi connectivity index (χ1v) is 15.4. The number of fused-ring (bicyclic) bond motifs is 1. The van der Waals surface area contributed by atoms with E-state index in [0.29, 0.717) is 30.3 Å². The van der Waals surface area contributed by atoms with E-state index in [4.69, 9.17) is 14.5 Å². The fourth-order valence-corrected chi connectivity index (χ4v) is 6.77. The molecule has 6 nitrogen and oxygen atoms in total. The molecule has 0 unspecified atom stereocenters. The number of anilines is 1. The van der Waals surface area contributed by atoms with Crippen LogP contribution in [0.1, 0.15) is 44.0 Å². The Kier molecular flexibility index (Phi) is 8.52. The molecule has 1 fully saturated rings. The summed E-state index contributed by atoms with van der Waals surface area (Å²) in [5.74, 6) is 1.82. The molecule has 218 valence electrons. The highest BCUT2D eigenvalue weighted by Gasteiger charge is 2.22. The third kappa shape index (κ3) is 6.47. The third-order valence-corrected chi connectivity index (χ3v) is 9.46. The van der Waals surface area contributed by atoms with Crippen molar-refractivity contribution < 1.29 is 19.1 Å². The molecule has 1 aliphatic heterocycles. The highest BCUT2D eigenvalue weighted by atomic mass is 32.1. The van der Waals surface area contributed by atoms with Gasteiger partial charge in [-0.2, -0.15) is 0 Å². The number of nitrogens with zero attached hydrogens (tertiary/aromatic N) is 2. The fraction of sp³-hybridized carbons (Fsp3) is 0.250. The van der Waals surface area contributed by atoms with Gasteiger partial charge >= 0.3 is 5.97 Å². The lowest BCUT2D eigenvalue weighted by atomic mass is 9.97. The van der Waals surface area contributed by atoms with Crippen molar-refractivity contribution in [3.8, 4) is 16.9 Å². The number of rotatable bonds is 9. The second-order valence-electron chi connectivity index (χ2n) is 11.0. The minimum absolute atomic E-state index is 0.132. The number of hydrogen-bond donors (Lipinski definition) is 0. The Balaban J connectivity index is 1.03. The van der Waals surface area contributed by atoms with Gasteiger partial charge in [0.05, 0.1) is 24.2 Å². The van der Waals surface area contributed by atoms with Crippen molar-refractivity contribution in [1.82, 2.24) is 4.98 Å². The SMILES string of the molecule is COC(=O)c1cccc(OCC2CCN(c3ccc(CC(=O)c4sc5ccc(-c6ccccc6)cc5c4C)cn3)CC2)c1. The Morgan fingerprint density at radius 2 is 1.74 bits per heavy atom. The molecule has 3 heterocycles. The van der Waals surface area contributed by atoms with Gasteiger partial charge in [-0.1, -0.05) is 48.5 Å². The van der Waals surface area contributed by atoms with E-state index < -0.39 is 0 Å². The van der Waals surface area contributed by atoms with Crippen molar-refractivity contribution in [3.63, 3.8) is 0 Å². The quantitative estimate of drug-likeness (QED) is 0.129. The molecule has 1 aliphatic rings. The van der Waals surface area contributed by atoms with Gasteiger partial charge in [0.15, 0.2) is 5.78 Å². The van der Waals surface area contributed by atoms with Crippen LogP contribution in [0.5, 0.6) is 5.75 Å². The highest BCUT2D eigenvalue weighted by molar-refractivity contribution is 7.21.